The molecule has 2 nitrogen and oxygen atoms in total. The molecule has 0 bridgehead atoms. The van der Waals surface area contributed by atoms with Crippen molar-refractivity contribution in [2.24, 2.45) is 5.92 Å². The lowest BCUT2D eigenvalue weighted by Crippen LogP contribution is -2.37. The van der Waals surface area contributed by atoms with Crippen LogP contribution in [0.4, 0.5) is 0 Å². The van der Waals surface area contributed by atoms with Gasteiger partial charge < -0.3 is 10.1 Å². The van der Waals surface area contributed by atoms with Gasteiger partial charge in [-0.2, -0.15) is 0 Å². The summed E-state index contributed by atoms with van der Waals surface area (Å²) in [5, 5.41) is 3.52. The van der Waals surface area contributed by atoms with Crippen molar-refractivity contribution in [1.29, 1.82) is 0 Å². The summed E-state index contributed by atoms with van der Waals surface area (Å²) in [4.78, 5) is 0. The predicted octanol–water partition coefficient (Wildman–Crippen LogP) is 1.97. The molecule has 0 aromatic heterocycles. The van der Waals surface area contributed by atoms with Gasteiger partial charge in [-0.05, 0) is 31.7 Å². The minimum absolute atomic E-state index is 0.490. The number of nitrogens with one attached hydrogen (secondary N) is 1. The van der Waals surface area contributed by atoms with Crippen LogP contribution in [0.25, 0.3) is 0 Å². The van der Waals surface area contributed by atoms with Crippen molar-refractivity contribution >= 4 is 0 Å². The third-order valence-electron chi connectivity index (χ3n) is 2.66. The molecule has 1 heterocycles. The van der Waals surface area contributed by atoms with Crippen LogP contribution in [-0.2, 0) is 4.74 Å². The monoisotopic (exact) mass is 183 g/mol. The van der Waals surface area contributed by atoms with Crippen molar-refractivity contribution in [2.45, 2.75) is 32.2 Å². The van der Waals surface area contributed by atoms with Gasteiger partial charge in [0, 0.05) is 19.3 Å². The Morgan fingerprint density at radius 3 is 2.77 bits per heavy atom. The second-order valence-corrected chi connectivity index (χ2v) is 3.67. The van der Waals surface area contributed by atoms with Crippen molar-refractivity contribution in [2.75, 3.05) is 19.8 Å². The van der Waals surface area contributed by atoms with Crippen molar-refractivity contribution in [3.63, 3.8) is 0 Å². The van der Waals surface area contributed by atoms with E-state index in [1.54, 1.807) is 0 Å². The average Bonchev–Trinajstić information content (AvgIpc) is 2.21. The Morgan fingerprint density at radius 2 is 2.23 bits per heavy atom. The third-order valence-corrected chi connectivity index (χ3v) is 2.66. The van der Waals surface area contributed by atoms with Crippen LogP contribution in [0.1, 0.15) is 26.2 Å². The maximum Gasteiger partial charge on any atom is 0.0469 e. The van der Waals surface area contributed by atoms with Crippen LogP contribution in [0.2, 0.25) is 0 Å². The normalized spacial score (nSPS) is 21.3. The molecule has 0 radical (unpaired) electrons. The molecular weight excluding hydrogens is 162 g/mol. The van der Waals surface area contributed by atoms with Gasteiger partial charge in [-0.25, -0.2) is 0 Å². The fourth-order valence-electron chi connectivity index (χ4n) is 1.83. The van der Waals surface area contributed by atoms with Gasteiger partial charge in [-0.3, -0.25) is 0 Å². The van der Waals surface area contributed by atoms with Crippen LogP contribution in [0.3, 0.4) is 0 Å². The minimum Gasteiger partial charge on any atom is -0.381 e. The summed E-state index contributed by atoms with van der Waals surface area (Å²) in [6, 6.07) is 0.490. The molecule has 0 aromatic carbocycles. The van der Waals surface area contributed by atoms with Gasteiger partial charge in [-0.15, -0.1) is 6.58 Å². The Kier molecular flexibility index (Phi) is 5.09. The Bertz CT molecular complexity index is 141. The number of hydrogen-bond donors (Lipinski definition) is 1. The summed E-state index contributed by atoms with van der Waals surface area (Å²) < 4.78 is 5.34. The van der Waals surface area contributed by atoms with Crippen molar-refractivity contribution in [3.05, 3.63) is 12.7 Å². The fourth-order valence-corrected chi connectivity index (χ4v) is 1.83. The molecule has 1 atom stereocenters. The van der Waals surface area contributed by atoms with Gasteiger partial charge in [0.1, 0.15) is 0 Å². The first-order valence-electron chi connectivity index (χ1n) is 5.32. The molecular formula is C11H21NO. The maximum atomic E-state index is 5.34. The molecule has 0 amide bonds. The number of rotatable bonds is 5. The topological polar surface area (TPSA) is 21.3 Å². The molecule has 1 aliphatic heterocycles. The third kappa shape index (κ3) is 3.49. The Hall–Kier alpha value is -0.340. The van der Waals surface area contributed by atoms with Crippen LogP contribution >= 0.6 is 0 Å². The fraction of sp³-hybridized carbons (Fsp3) is 0.818. The molecule has 0 aromatic rings. The summed E-state index contributed by atoms with van der Waals surface area (Å²) >= 11 is 0. The van der Waals surface area contributed by atoms with Gasteiger partial charge in [0.2, 0.25) is 0 Å². The van der Waals surface area contributed by atoms with E-state index in [0.717, 1.165) is 25.7 Å². The zero-order valence-electron chi connectivity index (χ0n) is 8.59. The molecule has 1 unspecified atom stereocenters. The van der Waals surface area contributed by atoms with E-state index in [-0.39, 0.29) is 0 Å². The van der Waals surface area contributed by atoms with Gasteiger partial charge >= 0.3 is 0 Å². The lowest BCUT2D eigenvalue weighted by molar-refractivity contribution is 0.0592. The van der Waals surface area contributed by atoms with Crippen molar-refractivity contribution in [3.8, 4) is 0 Å². The Labute approximate surface area is 81.4 Å². The summed E-state index contributed by atoms with van der Waals surface area (Å²) in [7, 11) is 0. The quantitative estimate of drug-likeness (QED) is 0.658. The van der Waals surface area contributed by atoms with E-state index < -0.39 is 0 Å². The predicted molar refractivity (Wildman–Crippen MR) is 55.8 cm³/mol. The van der Waals surface area contributed by atoms with E-state index >= 15 is 0 Å². The van der Waals surface area contributed by atoms with Gasteiger partial charge in [0.05, 0.1) is 0 Å². The number of hydrogen-bond acceptors (Lipinski definition) is 2. The van der Waals surface area contributed by atoms with E-state index in [4.69, 9.17) is 4.74 Å². The zero-order valence-corrected chi connectivity index (χ0v) is 8.59. The van der Waals surface area contributed by atoms with Crippen LogP contribution in [0.5, 0.6) is 0 Å². The van der Waals surface area contributed by atoms with Gasteiger partial charge in [0.15, 0.2) is 0 Å². The summed E-state index contributed by atoms with van der Waals surface area (Å²) in [6.07, 6.45) is 5.58. The molecule has 0 aliphatic carbocycles. The minimum atomic E-state index is 0.490. The summed E-state index contributed by atoms with van der Waals surface area (Å²) in [5.41, 5.74) is 0. The highest BCUT2D eigenvalue weighted by molar-refractivity contribution is 4.91. The summed E-state index contributed by atoms with van der Waals surface area (Å²) in [6.45, 7) is 9.01. The van der Waals surface area contributed by atoms with E-state index in [1.165, 1.54) is 19.3 Å². The molecule has 1 saturated heterocycles. The van der Waals surface area contributed by atoms with E-state index in [0.29, 0.717) is 6.04 Å². The molecule has 2 heteroatoms. The first-order chi connectivity index (χ1) is 6.38. The molecule has 0 spiro atoms. The highest BCUT2D eigenvalue weighted by atomic mass is 16.5. The van der Waals surface area contributed by atoms with Crippen LogP contribution in [0, 0.1) is 5.92 Å². The summed E-state index contributed by atoms with van der Waals surface area (Å²) in [5.74, 6) is 0.734. The molecule has 1 aliphatic rings. The van der Waals surface area contributed by atoms with Crippen LogP contribution in [0.15, 0.2) is 12.7 Å². The SMILES string of the molecule is C=CC(NCCC)C1CCOCC1. The zero-order chi connectivity index (χ0) is 9.52. The lowest BCUT2D eigenvalue weighted by atomic mass is 9.92. The second-order valence-electron chi connectivity index (χ2n) is 3.67. The largest absolute Gasteiger partial charge is 0.381 e. The van der Waals surface area contributed by atoms with E-state index in [1.807, 2.05) is 6.08 Å². The smallest absolute Gasteiger partial charge is 0.0469 e. The molecule has 1 rings (SSSR count). The van der Waals surface area contributed by atoms with E-state index in [2.05, 4.69) is 18.8 Å². The number of ether oxygens (including phenoxy) is 1. The lowest BCUT2D eigenvalue weighted by Gasteiger charge is -2.28. The first-order valence-corrected chi connectivity index (χ1v) is 5.32. The van der Waals surface area contributed by atoms with Gasteiger partial charge in [0.25, 0.3) is 0 Å². The average molecular weight is 183 g/mol. The molecule has 13 heavy (non-hydrogen) atoms. The van der Waals surface area contributed by atoms with Crippen LogP contribution in [-0.4, -0.2) is 25.8 Å². The second kappa shape index (κ2) is 6.17. The maximum absolute atomic E-state index is 5.34. The highest BCUT2D eigenvalue weighted by Crippen LogP contribution is 2.19. The van der Waals surface area contributed by atoms with Crippen LogP contribution < -0.4 is 5.32 Å². The Balaban J connectivity index is 2.30. The van der Waals surface area contributed by atoms with E-state index in [9.17, 15) is 0 Å². The molecule has 76 valence electrons. The standard InChI is InChI=1S/C11H21NO/c1-3-7-12-11(4-2)10-5-8-13-9-6-10/h4,10-12H,2-3,5-9H2,1H3. The highest BCUT2D eigenvalue weighted by Gasteiger charge is 2.20. The first kappa shape index (κ1) is 10.7. The molecule has 1 fully saturated rings. The van der Waals surface area contributed by atoms with Crippen molar-refractivity contribution in [1.82, 2.24) is 5.32 Å². The molecule has 1 N–H and O–H groups in total. The molecule has 0 saturated carbocycles. The Morgan fingerprint density at radius 1 is 1.54 bits per heavy atom. The van der Waals surface area contributed by atoms with Gasteiger partial charge in [-0.1, -0.05) is 13.0 Å². The van der Waals surface area contributed by atoms with Crippen molar-refractivity contribution < 1.29 is 4.74 Å².